The molecule has 0 aliphatic heterocycles. The molecule has 1 aromatic carbocycles. The van der Waals surface area contributed by atoms with Crippen molar-refractivity contribution in [3.8, 4) is 0 Å². The van der Waals surface area contributed by atoms with Gasteiger partial charge in [0.15, 0.2) is 11.0 Å². The monoisotopic (exact) mass is 294 g/mol. The van der Waals surface area contributed by atoms with Crippen LogP contribution in [0.2, 0.25) is 5.15 Å². The number of nitrogens with one attached hydrogen (secondary N) is 1. The summed E-state index contributed by atoms with van der Waals surface area (Å²) in [4.78, 5) is 20.3. The van der Waals surface area contributed by atoms with E-state index in [0.29, 0.717) is 11.0 Å². The molecular weight excluding hydrogens is 280 g/mol. The summed E-state index contributed by atoms with van der Waals surface area (Å²) in [6, 6.07) is 7.28. The van der Waals surface area contributed by atoms with Crippen molar-refractivity contribution in [1.29, 1.82) is 0 Å². The highest BCUT2D eigenvalue weighted by Gasteiger charge is 2.14. The summed E-state index contributed by atoms with van der Waals surface area (Å²) < 4.78 is 5.05. The van der Waals surface area contributed by atoms with E-state index in [1.807, 2.05) is 12.1 Å². The molecule has 1 heterocycles. The number of fused-ring (bicyclic) bond motifs is 1. The number of amides is 1. The van der Waals surface area contributed by atoms with Crippen LogP contribution in [0.5, 0.6) is 0 Å². The van der Waals surface area contributed by atoms with Gasteiger partial charge in [0.25, 0.3) is 0 Å². The average Bonchev–Trinajstić information content (AvgIpc) is 2.45. The van der Waals surface area contributed by atoms with Crippen molar-refractivity contribution in [2.24, 2.45) is 5.73 Å². The number of aromatic nitrogens is 2. The lowest BCUT2D eigenvalue weighted by atomic mass is 10.2. The quantitative estimate of drug-likeness (QED) is 0.874. The summed E-state index contributed by atoms with van der Waals surface area (Å²) in [5, 5.41) is 2.77. The van der Waals surface area contributed by atoms with E-state index in [1.54, 1.807) is 12.1 Å². The topological polar surface area (TPSA) is 90.1 Å². The van der Waals surface area contributed by atoms with Crippen LogP contribution in [0, 0.1) is 0 Å². The highest BCUT2D eigenvalue weighted by Crippen LogP contribution is 2.21. The Morgan fingerprint density at radius 2 is 2.05 bits per heavy atom. The van der Waals surface area contributed by atoms with Gasteiger partial charge in [-0.15, -0.1) is 0 Å². The zero-order valence-electron chi connectivity index (χ0n) is 11.0. The normalized spacial score (nSPS) is 12.3. The van der Waals surface area contributed by atoms with E-state index in [-0.39, 0.29) is 35.9 Å². The predicted octanol–water partition coefficient (Wildman–Crippen LogP) is 1.59. The number of hydrogen-bond acceptors (Lipinski definition) is 5. The minimum Gasteiger partial charge on any atom is -0.380 e. The van der Waals surface area contributed by atoms with E-state index in [1.165, 1.54) is 7.11 Å². The van der Waals surface area contributed by atoms with Gasteiger partial charge in [0.2, 0.25) is 5.91 Å². The molecule has 106 valence electrons. The zero-order chi connectivity index (χ0) is 14.5. The first-order valence-electron chi connectivity index (χ1n) is 6.09. The Morgan fingerprint density at radius 3 is 2.65 bits per heavy atom. The number of anilines is 1. The van der Waals surface area contributed by atoms with E-state index in [2.05, 4.69) is 15.3 Å². The van der Waals surface area contributed by atoms with E-state index in [0.717, 1.165) is 0 Å². The van der Waals surface area contributed by atoms with Crippen molar-refractivity contribution in [3.05, 3.63) is 29.4 Å². The van der Waals surface area contributed by atoms with Gasteiger partial charge in [-0.2, -0.15) is 0 Å². The third-order valence-electron chi connectivity index (χ3n) is 2.80. The molecule has 3 N–H and O–H groups in total. The standard InChI is InChI=1S/C13H15ClN4O2/c1-20-8(7-15)6-11(19)18-13-12(14)16-9-4-2-3-5-10(9)17-13/h2-5,8H,6-7,15H2,1H3,(H,17,18,19). The number of carbonyl (C=O) groups excluding carboxylic acids is 1. The molecule has 0 fully saturated rings. The number of nitrogens with zero attached hydrogens (tertiary/aromatic N) is 2. The number of para-hydroxylation sites is 2. The average molecular weight is 295 g/mol. The van der Waals surface area contributed by atoms with Crippen LogP contribution in [0.15, 0.2) is 24.3 Å². The number of halogens is 1. The molecule has 6 nitrogen and oxygen atoms in total. The van der Waals surface area contributed by atoms with Crippen LogP contribution in [-0.4, -0.2) is 35.6 Å². The lowest BCUT2D eigenvalue weighted by Crippen LogP contribution is -2.28. The number of ether oxygens (including phenoxy) is 1. The smallest absolute Gasteiger partial charge is 0.228 e. The number of rotatable bonds is 5. The molecule has 2 rings (SSSR count). The second kappa shape index (κ2) is 6.60. The van der Waals surface area contributed by atoms with Crippen molar-refractivity contribution in [2.45, 2.75) is 12.5 Å². The predicted molar refractivity (Wildman–Crippen MR) is 77.6 cm³/mol. The number of nitrogens with two attached hydrogens (primary N) is 1. The van der Waals surface area contributed by atoms with E-state index in [4.69, 9.17) is 22.1 Å². The summed E-state index contributed by atoms with van der Waals surface area (Å²) in [6.07, 6.45) is -0.195. The Hall–Kier alpha value is -1.76. The Kier molecular flexibility index (Phi) is 4.84. The van der Waals surface area contributed by atoms with Crippen LogP contribution in [0.25, 0.3) is 11.0 Å². The number of hydrogen-bond donors (Lipinski definition) is 2. The lowest BCUT2D eigenvalue weighted by molar-refractivity contribution is -0.118. The molecular formula is C13H15ClN4O2. The molecule has 1 amide bonds. The lowest BCUT2D eigenvalue weighted by Gasteiger charge is -2.12. The van der Waals surface area contributed by atoms with Gasteiger partial charge in [-0.05, 0) is 12.1 Å². The third kappa shape index (κ3) is 3.41. The highest BCUT2D eigenvalue weighted by molar-refractivity contribution is 6.32. The number of methoxy groups -OCH3 is 1. The van der Waals surface area contributed by atoms with Gasteiger partial charge in [-0.25, -0.2) is 9.97 Å². The molecule has 0 saturated carbocycles. The van der Waals surface area contributed by atoms with Crippen LogP contribution < -0.4 is 11.1 Å². The zero-order valence-corrected chi connectivity index (χ0v) is 11.7. The number of carbonyl (C=O) groups is 1. The van der Waals surface area contributed by atoms with Gasteiger partial charge in [0, 0.05) is 13.7 Å². The third-order valence-corrected chi connectivity index (χ3v) is 3.06. The first-order chi connectivity index (χ1) is 9.63. The molecule has 20 heavy (non-hydrogen) atoms. The maximum atomic E-state index is 11.9. The molecule has 1 atom stereocenters. The van der Waals surface area contributed by atoms with Crippen LogP contribution in [0.3, 0.4) is 0 Å². The maximum Gasteiger partial charge on any atom is 0.228 e. The van der Waals surface area contributed by atoms with E-state index in [9.17, 15) is 4.79 Å². The molecule has 2 aromatic rings. The van der Waals surface area contributed by atoms with E-state index < -0.39 is 0 Å². The van der Waals surface area contributed by atoms with Crippen molar-refractivity contribution in [3.63, 3.8) is 0 Å². The summed E-state index contributed by atoms with van der Waals surface area (Å²) in [7, 11) is 1.51. The second-order valence-electron chi connectivity index (χ2n) is 4.20. The Bertz CT molecular complexity index is 616. The van der Waals surface area contributed by atoms with Gasteiger partial charge in [-0.3, -0.25) is 4.79 Å². The largest absolute Gasteiger partial charge is 0.380 e. The molecule has 0 spiro atoms. The Morgan fingerprint density at radius 1 is 1.40 bits per heavy atom. The fourth-order valence-electron chi connectivity index (χ4n) is 1.71. The molecule has 0 radical (unpaired) electrons. The van der Waals surface area contributed by atoms with Crippen molar-refractivity contribution in [1.82, 2.24) is 9.97 Å². The minimum absolute atomic E-state index is 0.137. The SMILES string of the molecule is COC(CN)CC(=O)Nc1nc2ccccc2nc1Cl. The summed E-state index contributed by atoms with van der Waals surface area (Å²) >= 11 is 6.01. The minimum atomic E-state index is -0.331. The number of benzene rings is 1. The van der Waals surface area contributed by atoms with Gasteiger partial charge in [0.1, 0.15) is 0 Å². The van der Waals surface area contributed by atoms with Crippen LogP contribution in [0.4, 0.5) is 5.82 Å². The van der Waals surface area contributed by atoms with Gasteiger partial charge < -0.3 is 15.8 Å². The molecule has 0 aliphatic carbocycles. The van der Waals surface area contributed by atoms with E-state index >= 15 is 0 Å². The fraction of sp³-hybridized carbons (Fsp3) is 0.308. The maximum absolute atomic E-state index is 11.9. The molecule has 0 saturated heterocycles. The Balaban J connectivity index is 2.16. The molecule has 0 bridgehead atoms. The van der Waals surface area contributed by atoms with Crippen LogP contribution >= 0.6 is 11.6 Å². The molecule has 7 heteroatoms. The first kappa shape index (κ1) is 14.6. The van der Waals surface area contributed by atoms with Crippen LogP contribution in [0.1, 0.15) is 6.42 Å². The summed E-state index contributed by atoms with van der Waals surface area (Å²) in [5.41, 5.74) is 6.80. The summed E-state index contributed by atoms with van der Waals surface area (Å²) in [6.45, 7) is 0.265. The molecule has 1 aromatic heterocycles. The fourth-order valence-corrected chi connectivity index (χ4v) is 1.89. The van der Waals surface area contributed by atoms with Gasteiger partial charge >= 0.3 is 0 Å². The molecule has 0 aliphatic rings. The van der Waals surface area contributed by atoms with Gasteiger partial charge in [0.05, 0.1) is 23.6 Å². The summed E-state index contributed by atoms with van der Waals surface area (Å²) in [5.74, 6) is -0.0315. The van der Waals surface area contributed by atoms with Crippen molar-refractivity contribution in [2.75, 3.05) is 19.0 Å². The highest BCUT2D eigenvalue weighted by atomic mass is 35.5. The Labute approximate surface area is 121 Å². The van der Waals surface area contributed by atoms with Crippen molar-refractivity contribution >= 4 is 34.4 Å². The second-order valence-corrected chi connectivity index (χ2v) is 4.56. The molecule has 1 unspecified atom stereocenters. The van der Waals surface area contributed by atoms with Gasteiger partial charge in [-0.1, -0.05) is 23.7 Å². The first-order valence-corrected chi connectivity index (χ1v) is 6.47. The van der Waals surface area contributed by atoms with Crippen molar-refractivity contribution < 1.29 is 9.53 Å². The van der Waals surface area contributed by atoms with Crippen LogP contribution in [-0.2, 0) is 9.53 Å².